The second-order valence-electron chi connectivity index (χ2n) is 8.89. The SMILES string of the molecule is CC1CCC(OC2CCN(C(=O)CC(C)C3CCCNC3)CC2)CC1. The van der Waals surface area contributed by atoms with Crippen LogP contribution in [0, 0.1) is 17.8 Å². The van der Waals surface area contributed by atoms with Gasteiger partial charge in [0, 0.05) is 19.5 Å². The van der Waals surface area contributed by atoms with Crippen LogP contribution >= 0.6 is 0 Å². The van der Waals surface area contributed by atoms with Crippen molar-refractivity contribution in [2.45, 2.75) is 83.8 Å². The fourth-order valence-electron chi connectivity index (χ4n) is 4.81. The maximum Gasteiger partial charge on any atom is 0.222 e. The lowest BCUT2D eigenvalue weighted by Crippen LogP contribution is -2.43. The summed E-state index contributed by atoms with van der Waals surface area (Å²) in [6.45, 7) is 8.62. The molecule has 2 atom stereocenters. The molecule has 3 fully saturated rings. The lowest BCUT2D eigenvalue weighted by atomic mass is 9.85. The van der Waals surface area contributed by atoms with Crippen LogP contribution in [0.1, 0.15) is 71.6 Å². The van der Waals surface area contributed by atoms with Gasteiger partial charge in [-0.2, -0.15) is 0 Å². The van der Waals surface area contributed by atoms with Crippen LogP contribution in [-0.2, 0) is 9.53 Å². The van der Waals surface area contributed by atoms with Crippen molar-refractivity contribution in [1.82, 2.24) is 10.2 Å². The highest BCUT2D eigenvalue weighted by Gasteiger charge is 2.29. The standard InChI is InChI=1S/C21H38N2O2/c1-16-5-7-19(8-6-16)25-20-9-12-23(13-10-20)21(24)14-17(2)18-4-3-11-22-15-18/h16-20,22H,3-15H2,1-2H3. The van der Waals surface area contributed by atoms with E-state index in [0.717, 1.165) is 51.4 Å². The predicted octanol–water partition coefficient (Wildman–Crippen LogP) is 3.60. The van der Waals surface area contributed by atoms with E-state index < -0.39 is 0 Å². The molecular weight excluding hydrogens is 312 g/mol. The maximum absolute atomic E-state index is 12.6. The molecule has 1 aliphatic carbocycles. The highest BCUT2D eigenvalue weighted by molar-refractivity contribution is 5.76. The Hall–Kier alpha value is -0.610. The minimum absolute atomic E-state index is 0.364. The van der Waals surface area contributed by atoms with Gasteiger partial charge in [-0.05, 0) is 82.2 Å². The molecule has 0 aromatic carbocycles. The Labute approximate surface area is 154 Å². The summed E-state index contributed by atoms with van der Waals surface area (Å²) in [5.74, 6) is 2.41. The van der Waals surface area contributed by atoms with Gasteiger partial charge in [0.1, 0.15) is 0 Å². The molecule has 2 heterocycles. The fourth-order valence-corrected chi connectivity index (χ4v) is 4.81. The zero-order chi connectivity index (χ0) is 17.6. The van der Waals surface area contributed by atoms with E-state index in [4.69, 9.17) is 4.74 Å². The van der Waals surface area contributed by atoms with E-state index >= 15 is 0 Å². The first kappa shape index (κ1) is 19.2. The molecule has 4 heteroatoms. The Morgan fingerprint density at radius 2 is 1.76 bits per heavy atom. The lowest BCUT2D eigenvalue weighted by Gasteiger charge is -2.36. The average molecular weight is 351 g/mol. The Kier molecular flexibility index (Phi) is 7.18. The molecular formula is C21H38N2O2. The summed E-state index contributed by atoms with van der Waals surface area (Å²) in [6.07, 6.45) is 11.2. The number of likely N-dealkylation sites (tertiary alicyclic amines) is 1. The van der Waals surface area contributed by atoms with Crippen LogP contribution in [0.4, 0.5) is 0 Å². The van der Waals surface area contributed by atoms with E-state index in [-0.39, 0.29) is 0 Å². The molecule has 3 aliphatic rings. The predicted molar refractivity (Wildman–Crippen MR) is 101 cm³/mol. The number of hydrogen-bond acceptors (Lipinski definition) is 3. The number of carbonyl (C=O) groups excluding carboxylic acids is 1. The van der Waals surface area contributed by atoms with Gasteiger partial charge < -0.3 is 15.0 Å². The van der Waals surface area contributed by atoms with Gasteiger partial charge in [0.2, 0.25) is 5.91 Å². The maximum atomic E-state index is 12.6. The molecule has 1 saturated carbocycles. The van der Waals surface area contributed by atoms with Gasteiger partial charge in [-0.15, -0.1) is 0 Å². The minimum Gasteiger partial charge on any atom is -0.375 e. The molecule has 0 spiro atoms. The Bertz CT molecular complexity index is 406. The molecule has 4 nitrogen and oxygen atoms in total. The van der Waals surface area contributed by atoms with Gasteiger partial charge in [0.15, 0.2) is 0 Å². The first-order valence-electron chi connectivity index (χ1n) is 10.8. The number of carbonyl (C=O) groups is 1. The van der Waals surface area contributed by atoms with Crippen molar-refractivity contribution in [1.29, 1.82) is 0 Å². The van der Waals surface area contributed by atoms with Crippen molar-refractivity contribution in [2.24, 2.45) is 17.8 Å². The van der Waals surface area contributed by atoms with E-state index in [1.807, 2.05) is 0 Å². The molecule has 0 radical (unpaired) electrons. The van der Waals surface area contributed by atoms with E-state index in [2.05, 4.69) is 24.1 Å². The van der Waals surface area contributed by atoms with Gasteiger partial charge in [-0.1, -0.05) is 13.8 Å². The van der Waals surface area contributed by atoms with Crippen molar-refractivity contribution < 1.29 is 9.53 Å². The average Bonchev–Trinajstić information content (AvgIpc) is 2.65. The third kappa shape index (κ3) is 5.68. The molecule has 1 amide bonds. The second-order valence-corrected chi connectivity index (χ2v) is 8.89. The Balaban J connectivity index is 1.35. The second kappa shape index (κ2) is 9.36. The summed E-state index contributed by atoms with van der Waals surface area (Å²) in [5.41, 5.74) is 0. The third-order valence-corrected chi connectivity index (χ3v) is 6.78. The number of rotatable bonds is 5. The van der Waals surface area contributed by atoms with Gasteiger partial charge in [0.25, 0.3) is 0 Å². The van der Waals surface area contributed by atoms with E-state index in [0.29, 0.717) is 30.0 Å². The summed E-state index contributed by atoms with van der Waals surface area (Å²) in [5, 5.41) is 3.47. The number of amides is 1. The summed E-state index contributed by atoms with van der Waals surface area (Å²) < 4.78 is 6.34. The van der Waals surface area contributed by atoms with Crippen LogP contribution in [-0.4, -0.2) is 49.2 Å². The van der Waals surface area contributed by atoms with E-state index in [9.17, 15) is 4.79 Å². The molecule has 0 bridgehead atoms. The molecule has 2 unspecified atom stereocenters. The van der Waals surface area contributed by atoms with E-state index in [1.165, 1.54) is 38.5 Å². The van der Waals surface area contributed by atoms with Gasteiger partial charge in [-0.3, -0.25) is 4.79 Å². The molecule has 0 aromatic heterocycles. The zero-order valence-corrected chi connectivity index (χ0v) is 16.3. The van der Waals surface area contributed by atoms with Crippen molar-refractivity contribution in [3.63, 3.8) is 0 Å². The summed E-state index contributed by atoms with van der Waals surface area (Å²) in [4.78, 5) is 14.7. The topological polar surface area (TPSA) is 41.6 Å². The number of nitrogens with zero attached hydrogens (tertiary/aromatic N) is 1. The smallest absolute Gasteiger partial charge is 0.222 e. The molecule has 0 aromatic rings. The van der Waals surface area contributed by atoms with Crippen LogP contribution in [0.3, 0.4) is 0 Å². The molecule has 3 rings (SSSR count). The quantitative estimate of drug-likeness (QED) is 0.824. The number of ether oxygens (including phenoxy) is 1. The highest BCUT2D eigenvalue weighted by atomic mass is 16.5. The Morgan fingerprint density at radius 1 is 1.08 bits per heavy atom. The largest absolute Gasteiger partial charge is 0.375 e. The number of hydrogen-bond donors (Lipinski definition) is 1. The van der Waals surface area contributed by atoms with Gasteiger partial charge >= 0.3 is 0 Å². The van der Waals surface area contributed by atoms with Crippen molar-refractivity contribution in [3.8, 4) is 0 Å². The monoisotopic (exact) mass is 350 g/mol. The first-order chi connectivity index (χ1) is 12.1. The number of nitrogens with one attached hydrogen (secondary N) is 1. The van der Waals surface area contributed by atoms with Gasteiger partial charge in [0.05, 0.1) is 12.2 Å². The molecule has 2 aliphatic heterocycles. The molecule has 2 saturated heterocycles. The highest BCUT2D eigenvalue weighted by Crippen LogP contribution is 2.29. The summed E-state index contributed by atoms with van der Waals surface area (Å²) in [7, 11) is 0. The third-order valence-electron chi connectivity index (χ3n) is 6.78. The zero-order valence-electron chi connectivity index (χ0n) is 16.3. The summed E-state index contributed by atoms with van der Waals surface area (Å²) in [6, 6.07) is 0. The van der Waals surface area contributed by atoms with Gasteiger partial charge in [-0.25, -0.2) is 0 Å². The van der Waals surface area contributed by atoms with Crippen molar-refractivity contribution in [3.05, 3.63) is 0 Å². The van der Waals surface area contributed by atoms with E-state index in [1.54, 1.807) is 0 Å². The number of piperidine rings is 2. The molecule has 144 valence electrons. The first-order valence-corrected chi connectivity index (χ1v) is 10.8. The normalized spacial score (nSPS) is 33.2. The summed E-state index contributed by atoms with van der Waals surface area (Å²) >= 11 is 0. The van der Waals surface area contributed by atoms with Crippen molar-refractivity contribution >= 4 is 5.91 Å². The molecule has 1 N–H and O–H groups in total. The molecule has 25 heavy (non-hydrogen) atoms. The Morgan fingerprint density at radius 3 is 2.40 bits per heavy atom. The minimum atomic E-state index is 0.364. The lowest BCUT2D eigenvalue weighted by molar-refractivity contribution is -0.136. The van der Waals surface area contributed by atoms with Crippen LogP contribution in [0.25, 0.3) is 0 Å². The van der Waals surface area contributed by atoms with Crippen LogP contribution < -0.4 is 5.32 Å². The van der Waals surface area contributed by atoms with Crippen LogP contribution in [0.5, 0.6) is 0 Å². The fraction of sp³-hybridized carbons (Fsp3) is 0.952. The van der Waals surface area contributed by atoms with Crippen LogP contribution in [0.15, 0.2) is 0 Å². The van der Waals surface area contributed by atoms with Crippen LogP contribution in [0.2, 0.25) is 0 Å². The van der Waals surface area contributed by atoms with Crippen molar-refractivity contribution in [2.75, 3.05) is 26.2 Å².